The molecule has 0 spiro atoms. The van der Waals surface area contributed by atoms with E-state index in [1.54, 1.807) is 6.07 Å². The number of ether oxygens (including phenoxy) is 2. The maximum Gasteiger partial charge on any atom is 0.242 e. The number of benzene rings is 1. The zero-order valence-electron chi connectivity index (χ0n) is 14.7. The third-order valence-corrected chi connectivity index (χ3v) is 5.09. The molecule has 138 valence electrons. The van der Waals surface area contributed by atoms with Gasteiger partial charge in [-0.3, -0.25) is 9.69 Å². The van der Waals surface area contributed by atoms with E-state index in [4.69, 9.17) is 15.2 Å². The first kappa shape index (κ1) is 18.1. The second kappa shape index (κ2) is 7.68. The standard InChI is InChI=1S/C18H26FN3O3/c1-24-16-3-2-14(12-15(16)19)13-21-6-8-22(9-7-21)17(23)18(20)4-10-25-11-5-18/h2-3,12H,4-11,13,20H2,1H3. The summed E-state index contributed by atoms with van der Waals surface area (Å²) in [5.74, 6) is -0.0618. The van der Waals surface area contributed by atoms with E-state index < -0.39 is 5.54 Å². The Morgan fingerprint density at radius 3 is 2.56 bits per heavy atom. The molecule has 2 aliphatic heterocycles. The Bertz CT molecular complexity index is 612. The molecule has 1 aromatic carbocycles. The second-order valence-electron chi connectivity index (χ2n) is 6.81. The molecule has 0 unspecified atom stereocenters. The normalized spacial score (nSPS) is 21.2. The highest BCUT2D eigenvalue weighted by atomic mass is 19.1. The Morgan fingerprint density at radius 1 is 1.28 bits per heavy atom. The number of nitrogens with two attached hydrogens (primary N) is 1. The van der Waals surface area contributed by atoms with Crippen LogP contribution in [-0.2, 0) is 16.1 Å². The first-order valence-electron chi connectivity index (χ1n) is 8.72. The summed E-state index contributed by atoms with van der Waals surface area (Å²) in [4.78, 5) is 16.8. The van der Waals surface area contributed by atoms with E-state index in [0.29, 0.717) is 45.7 Å². The third-order valence-electron chi connectivity index (χ3n) is 5.09. The van der Waals surface area contributed by atoms with Gasteiger partial charge in [0, 0.05) is 45.9 Å². The van der Waals surface area contributed by atoms with Crippen LogP contribution in [0.25, 0.3) is 0 Å². The van der Waals surface area contributed by atoms with E-state index in [0.717, 1.165) is 18.7 Å². The van der Waals surface area contributed by atoms with Crippen molar-refractivity contribution in [2.75, 3.05) is 46.5 Å². The number of hydrogen-bond donors (Lipinski definition) is 1. The molecule has 2 aliphatic rings. The highest BCUT2D eigenvalue weighted by molar-refractivity contribution is 5.86. The average Bonchev–Trinajstić information content (AvgIpc) is 2.62. The van der Waals surface area contributed by atoms with Crippen LogP contribution < -0.4 is 10.5 Å². The van der Waals surface area contributed by atoms with Crippen molar-refractivity contribution < 1.29 is 18.7 Å². The minimum absolute atomic E-state index is 0.0333. The molecule has 3 rings (SSSR count). The molecule has 25 heavy (non-hydrogen) atoms. The van der Waals surface area contributed by atoms with Gasteiger partial charge in [0.1, 0.15) is 0 Å². The minimum atomic E-state index is -0.778. The van der Waals surface area contributed by atoms with E-state index >= 15 is 0 Å². The number of amides is 1. The molecule has 0 saturated carbocycles. The van der Waals surface area contributed by atoms with Crippen molar-refractivity contribution in [1.82, 2.24) is 9.80 Å². The van der Waals surface area contributed by atoms with Gasteiger partial charge in [-0.1, -0.05) is 6.07 Å². The van der Waals surface area contributed by atoms with Crippen LogP contribution in [0.15, 0.2) is 18.2 Å². The second-order valence-corrected chi connectivity index (χ2v) is 6.81. The molecule has 1 aromatic rings. The van der Waals surface area contributed by atoms with Gasteiger partial charge in [-0.15, -0.1) is 0 Å². The van der Waals surface area contributed by atoms with Crippen molar-refractivity contribution in [3.8, 4) is 5.75 Å². The number of piperazine rings is 1. The molecule has 2 saturated heterocycles. The number of rotatable bonds is 4. The summed E-state index contributed by atoms with van der Waals surface area (Å²) in [5, 5.41) is 0. The zero-order valence-corrected chi connectivity index (χ0v) is 14.7. The van der Waals surface area contributed by atoms with Crippen LogP contribution >= 0.6 is 0 Å². The van der Waals surface area contributed by atoms with Gasteiger partial charge < -0.3 is 20.1 Å². The third kappa shape index (κ3) is 4.11. The first-order chi connectivity index (χ1) is 12.0. The molecule has 7 heteroatoms. The lowest BCUT2D eigenvalue weighted by atomic mass is 9.89. The molecule has 6 nitrogen and oxygen atoms in total. The molecular weight excluding hydrogens is 325 g/mol. The fourth-order valence-electron chi connectivity index (χ4n) is 3.44. The molecule has 0 radical (unpaired) electrons. The predicted molar refractivity (Wildman–Crippen MR) is 91.8 cm³/mol. The number of carbonyl (C=O) groups excluding carboxylic acids is 1. The van der Waals surface area contributed by atoms with Crippen LogP contribution in [-0.4, -0.2) is 67.7 Å². The number of methoxy groups -OCH3 is 1. The van der Waals surface area contributed by atoms with Crippen LogP contribution in [0.3, 0.4) is 0 Å². The SMILES string of the molecule is COc1ccc(CN2CCN(C(=O)C3(N)CCOCC3)CC2)cc1F. The van der Waals surface area contributed by atoms with Crippen LogP contribution in [0.1, 0.15) is 18.4 Å². The molecule has 2 N–H and O–H groups in total. The molecule has 2 heterocycles. The van der Waals surface area contributed by atoms with E-state index in [-0.39, 0.29) is 17.5 Å². The lowest BCUT2D eigenvalue weighted by Gasteiger charge is -2.41. The highest BCUT2D eigenvalue weighted by Gasteiger charge is 2.39. The van der Waals surface area contributed by atoms with Gasteiger partial charge in [0.2, 0.25) is 5.91 Å². The van der Waals surface area contributed by atoms with E-state index in [1.165, 1.54) is 13.2 Å². The Labute approximate surface area is 147 Å². The monoisotopic (exact) mass is 351 g/mol. The molecule has 0 aliphatic carbocycles. The van der Waals surface area contributed by atoms with Crippen LogP contribution in [0.2, 0.25) is 0 Å². The number of carbonyl (C=O) groups is 1. The maximum absolute atomic E-state index is 13.8. The van der Waals surface area contributed by atoms with Crippen molar-refractivity contribution in [2.24, 2.45) is 5.73 Å². The molecule has 0 atom stereocenters. The Kier molecular flexibility index (Phi) is 5.56. The summed E-state index contributed by atoms with van der Waals surface area (Å²) >= 11 is 0. The van der Waals surface area contributed by atoms with Crippen molar-refractivity contribution in [3.63, 3.8) is 0 Å². The summed E-state index contributed by atoms with van der Waals surface area (Å²) in [6.07, 6.45) is 1.16. The summed E-state index contributed by atoms with van der Waals surface area (Å²) in [6.45, 7) is 4.56. The van der Waals surface area contributed by atoms with Gasteiger partial charge in [-0.25, -0.2) is 4.39 Å². The zero-order chi connectivity index (χ0) is 17.9. The van der Waals surface area contributed by atoms with E-state index in [2.05, 4.69) is 4.90 Å². The average molecular weight is 351 g/mol. The predicted octanol–water partition coefficient (Wildman–Crippen LogP) is 0.986. The summed E-state index contributed by atoms with van der Waals surface area (Å²) in [5.41, 5.74) is 6.42. The summed E-state index contributed by atoms with van der Waals surface area (Å²) in [7, 11) is 1.46. The minimum Gasteiger partial charge on any atom is -0.494 e. The fraction of sp³-hybridized carbons (Fsp3) is 0.611. The molecule has 1 amide bonds. The Hall–Kier alpha value is -1.70. The topological polar surface area (TPSA) is 68.0 Å². The highest BCUT2D eigenvalue weighted by Crippen LogP contribution is 2.22. The van der Waals surface area contributed by atoms with Gasteiger partial charge in [0.15, 0.2) is 11.6 Å². The van der Waals surface area contributed by atoms with Gasteiger partial charge in [-0.2, -0.15) is 0 Å². The first-order valence-corrected chi connectivity index (χ1v) is 8.72. The molecule has 0 bridgehead atoms. The quantitative estimate of drug-likeness (QED) is 0.876. The van der Waals surface area contributed by atoms with E-state index in [1.807, 2.05) is 11.0 Å². The Balaban J connectivity index is 1.53. The van der Waals surface area contributed by atoms with Gasteiger partial charge in [-0.05, 0) is 30.5 Å². The fourth-order valence-corrected chi connectivity index (χ4v) is 3.44. The lowest BCUT2D eigenvalue weighted by molar-refractivity contribution is -0.142. The van der Waals surface area contributed by atoms with Gasteiger partial charge in [0.05, 0.1) is 12.6 Å². The van der Waals surface area contributed by atoms with Crippen LogP contribution in [0.4, 0.5) is 4.39 Å². The Morgan fingerprint density at radius 2 is 1.96 bits per heavy atom. The smallest absolute Gasteiger partial charge is 0.242 e. The van der Waals surface area contributed by atoms with Crippen LogP contribution in [0, 0.1) is 5.82 Å². The van der Waals surface area contributed by atoms with Crippen molar-refractivity contribution >= 4 is 5.91 Å². The number of halogens is 1. The van der Waals surface area contributed by atoms with Crippen molar-refractivity contribution in [2.45, 2.75) is 24.9 Å². The van der Waals surface area contributed by atoms with Crippen molar-refractivity contribution in [3.05, 3.63) is 29.6 Å². The molecule has 0 aromatic heterocycles. The number of hydrogen-bond acceptors (Lipinski definition) is 5. The summed E-state index contributed by atoms with van der Waals surface area (Å²) in [6, 6.07) is 5.03. The van der Waals surface area contributed by atoms with Gasteiger partial charge >= 0.3 is 0 Å². The molecular formula is C18H26FN3O3. The van der Waals surface area contributed by atoms with Crippen molar-refractivity contribution in [1.29, 1.82) is 0 Å². The van der Waals surface area contributed by atoms with Crippen LogP contribution in [0.5, 0.6) is 5.75 Å². The number of nitrogens with zero attached hydrogens (tertiary/aromatic N) is 2. The largest absolute Gasteiger partial charge is 0.494 e. The lowest BCUT2D eigenvalue weighted by Crippen LogP contribution is -2.61. The molecule has 2 fully saturated rings. The van der Waals surface area contributed by atoms with Gasteiger partial charge in [0.25, 0.3) is 0 Å². The summed E-state index contributed by atoms with van der Waals surface area (Å²) < 4.78 is 24.1. The van der Waals surface area contributed by atoms with E-state index in [9.17, 15) is 9.18 Å². The maximum atomic E-state index is 13.8.